The lowest BCUT2D eigenvalue weighted by atomic mass is 9.92. The van der Waals surface area contributed by atoms with Crippen LogP contribution in [0.15, 0.2) is 0 Å². The number of carbonyl (C=O) groups excluding carboxylic acids is 1. The largest absolute Gasteiger partial charge is 0.449 e. The Bertz CT molecular complexity index is 327. The van der Waals surface area contributed by atoms with E-state index >= 15 is 0 Å². The van der Waals surface area contributed by atoms with Gasteiger partial charge in [0.1, 0.15) is 5.67 Å². The van der Waals surface area contributed by atoms with Crippen molar-refractivity contribution in [3.05, 3.63) is 0 Å². The molecule has 0 bridgehead atoms. The summed E-state index contributed by atoms with van der Waals surface area (Å²) in [5, 5.41) is 3.28. The number of piperidine rings is 1. The summed E-state index contributed by atoms with van der Waals surface area (Å²) in [6.07, 6.45) is 2.44. The molecule has 0 radical (unpaired) electrons. The van der Waals surface area contributed by atoms with Crippen molar-refractivity contribution in [3.8, 4) is 0 Å². The average Bonchev–Trinajstić information content (AvgIpc) is 2.49. The summed E-state index contributed by atoms with van der Waals surface area (Å²) in [7, 11) is 0. The molecular weight excluding hydrogens is 273 g/mol. The first-order valence-electron chi connectivity index (χ1n) is 8.17. The summed E-state index contributed by atoms with van der Waals surface area (Å²) in [5.74, 6) is 0. The van der Waals surface area contributed by atoms with Crippen molar-refractivity contribution in [1.82, 2.24) is 15.1 Å². The van der Waals surface area contributed by atoms with Crippen molar-refractivity contribution < 1.29 is 13.9 Å². The van der Waals surface area contributed by atoms with Gasteiger partial charge >= 0.3 is 6.09 Å². The lowest BCUT2D eigenvalue weighted by Crippen LogP contribution is -2.53. The number of hydrogen-bond acceptors (Lipinski definition) is 4. The van der Waals surface area contributed by atoms with Crippen molar-refractivity contribution in [1.29, 1.82) is 0 Å². The van der Waals surface area contributed by atoms with Gasteiger partial charge in [0, 0.05) is 58.7 Å². The topological polar surface area (TPSA) is 44.8 Å². The molecule has 0 aliphatic carbocycles. The third kappa shape index (κ3) is 5.11. The smallest absolute Gasteiger partial charge is 0.409 e. The standard InChI is InChI=1S/C15H28FN3O2/c1-2-3-12-21-14(20)19-8-4-15(16,5-9-19)13-18-10-6-17-7-11-18/h17H,2-13H2,1H3. The molecule has 2 aliphatic rings. The Morgan fingerprint density at radius 3 is 2.52 bits per heavy atom. The summed E-state index contributed by atoms with van der Waals surface area (Å²) in [5.41, 5.74) is -1.16. The van der Waals surface area contributed by atoms with Crippen molar-refractivity contribution in [3.63, 3.8) is 0 Å². The Labute approximate surface area is 126 Å². The maximum atomic E-state index is 14.9. The minimum absolute atomic E-state index is 0.285. The van der Waals surface area contributed by atoms with E-state index in [1.807, 2.05) is 0 Å². The number of nitrogens with zero attached hydrogens (tertiary/aromatic N) is 2. The van der Waals surface area contributed by atoms with Gasteiger partial charge in [-0.15, -0.1) is 0 Å². The third-order valence-corrected chi connectivity index (χ3v) is 4.36. The summed E-state index contributed by atoms with van der Waals surface area (Å²) in [6, 6.07) is 0. The minimum atomic E-state index is -1.16. The molecule has 6 heteroatoms. The van der Waals surface area contributed by atoms with Crippen LogP contribution in [0.3, 0.4) is 0 Å². The molecule has 2 saturated heterocycles. The van der Waals surface area contributed by atoms with Crippen LogP contribution in [0.4, 0.5) is 9.18 Å². The minimum Gasteiger partial charge on any atom is -0.449 e. The molecule has 0 atom stereocenters. The monoisotopic (exact) mass is 301 g/mol. The lowest BCUT2D eigenvalue weighted by molar-refractivity contribution is 0.0171. The Balaban J connectivity index is 1.72. The molecule has 2 rings (SSSR count). The van der Waals surface area contributed by atoms with Crippen LogP contribution in [0, 0.1) is 0 Å². The molecule has 0 aromatic carbocycles. The molecule has 0 saturated carbocycles. The maximum Gasteiger partial charge on any atom is 0.409 e. The Kier molecular flexibility index (Phi) is 6.23. The van der Waals surface area contributed by atoms with Gasteiger partial charge in [-0.2, -0.15) is 0 Å². The zero-order valence-electron chi connectivity index (χ0n) is 13.1. The number of piperazine rings is 1. The summed E-state index contributed by atoms with van der Waals surface area (Å²) in [4.78, 5) is 15.7. The molecule has 1 N–H and O–H groups in total. The molecule has 2 aliphatic heterocycles. The van der Waals surface area contributed by atoms with Crippen molar-refractivity contribution in [2.75, 3.05) is 52.4 Å². The first kappa shape index (κ1) is 16.5. The number of ether oxygens (including phenoxy) is 1. The molecule has 5 nitrogen and oxygen atoms in total. The molecule has 122 valence electrons. The average molecular weight is 301 g/mol. The van der Waals surface area contributed by atoms with Crippen LogP contribution in [0.2, 0.25) is 0 Å². The molecule has 2 heterocycles. The van der Waals surface area contributed by atoms with Gasteiger partial charge in [0.05, 0.1) is 6.61 Å². The van der Waals surface area contributed by atoms with E-state index in [1.165, 1.54) is 0 Å². The van der Waals surface area contributed by atoms with Crippen LogP contribution in [-0.4, -0.2) is 74.0 Å². The summed E-state index contributed by atoms with van der Waals surface area (Å²) in [6.45, 7) is 7.64. The molecule has 21 heavy (non-hydrogen) atoms. The van der Waals surface area contributed by atoms with Crippen LogP contribution in [0.1, 0.15) is 32.6 Å². The fourth-order valence-corrected chi connectivity index (χ4v) is 2.91. The number of alkyl halides is 1. The van der Waals surface area contributed by atoms with Gasteiger partial charge in [0.25, 0.3) is 0 Å². The number of likely N-dealkylation sites (tertiary alicyclic amines) is 1. The predicted molar refractivity (Wildman–Crippen MR) is 80.2 cm³/mol. The summed E-state index contributed by atoms with van der Waals surface area (Å²) >= 11 is 0. The van der Waals surface area contributed by atoms with Crippen LogP contribution >= 0.6 is 0 Å². The Morgan fingerprint density at radius 2 is 1.90 bits per heavy atom. The van der Waals surface area contributed by atoms with Crippen molar-refractivity contribution >= 4 is 6.09 Å². The number of hydrogen-bond donors (Lipinski definition) is 1. The van der Waals surface area contributed by atoms with Crippen molar-refractivity contribution in [2.24, 2.45) is 0 Å². The van der Waals surface area contributed by atoms with Gasteiger partial charge in [-0.3, -0.25) is 4.90 Å². The van der Waals surface area contributed by atoms with Crippen LogP contribution in [0.5, 0.6) is 0 Å². The van der Waals surface area contributed by atoms with E-state index in [9.17, 15) is 9.18 Å². The highest BCUT2D eigenvalue weighted by molar-refractivity contribution is 5.67. The first-order valence-corrected chi connectivity index (χ1v) is 8.17. The molecule has 1 amide bonds. The molecule has 0 aromatic heterocycles. The summed E-state index contributed by atoms with van der Waals surface area (Å²) < 4.78 is 20.0. The van der Waals surface area contributed by atoms with E-state index in [4.69, 9.17) is 4.74 Å². The quantitative estimate of drug-likeness (QED) is 0.784. The number of carbonyl (C=O) groups is 1. The maximum absolute atomic E-state index is 14.9. The Hall–Kier alpha value is -0.880. The second-order valence-corrected chi connectivity index (χ2v) is 6.13. The van der Waals surface area contributed by atoms with Gasteiger partial charge in [-0.05, 0) is 6.42 Å². The SMILES string of the molecule is CCCCOC(=O)N1CCC(F)(CN2CCNCC2)CC1. The van der Waals surface area contributed by atoms with Crippen LogP contribution in [0.25, 0.3) is 0 Å². The van der Waals surface area contributed by atoms with E-state index in [0.717, 1.165) is 39.0 Å². The normalized spacial score (nSPS) is 23.0. The van der Waals surface area contributed by atoms with E-state index in [1.54, 1.807) is 4.90 Å². The van der Waals surface area contributed by atoms with E-state index in [0.29, 0.717) is 39.1 Å². The number of amides is 1. The highest BCUT2D eigenvalue weighted by Gasteiger charge is 2.38. The molecule has 2 fully saturated rings. The van der Waals surface area contributed by atoms with Gasteiger partial charge in [0.2, 0.25) is 0 Å². The fraction of sp³-hybridized carbons (Fsp3) is 0.933. The zero-order valence-corrected chi connectivity index (χ0v) is 13.1. The highest BCUT2D eigenvalue weighted by atomic mass is 19.1. The van der Waals surface area contributed by atoms with E-state index in [2.05, 4.69) is 17.1 Å². The van der Waals surface area contributed by atoms with Crippen LogP contribution < -0.4 is 5.32 Å². The molecule has 0 aromatic rings. The third-order valence-electron chi connectivity index (χ3n) is 4.36. The second kappa shape index (κ2) is 7.94. The van der Waals surface area contributed by atoms with E-state index in [-0.39, 0.29) is 6.09 Å². The highest BCUT2D eigenvalue weighted by Crippen LogP contribution is 2.28. The zero-order chi connectivity index (χ0) is 15.1. The molecule has 0 spiro atoms. The van der Waals surface area contributed by atoms with Crippen molar-refractivity contribution in [2.45, 2.75) is 38.3 Å². The number of halogens is 1. The fourth-order valence-electron chi connectivity index (χ4n) is 2.91. The van der Waals surface area contributed by atoms with E-state index < -0.39 is 5.67 Å². The van der Waals surface area contributed by atoms with Gasteiger partial charge in [0.15, 0.2) is 0 Å². The van der Waals surface area contributed by atoms with Gasteiger partial charge < -0.3 is 15.0 Å². The Morgan fingerprint density at radius 1 is 1.24 bits per heavy atom. The first-order chi connectivity index (χ1) is 10.1. The van der Waals surface area contributed by atoms with Crippen LogP contribution in [-0.2, 0) is 4.74 Å². The lowest BCUT2D eigenvalue weighted by Gasteiger charge is -2.39. The molecule has 0 unspecified atom stereocenters. The number of unbranched alkanes of at least 4 members (excludes halogenated alkanes) is 1. The molecular formula is C15H28FN3O2. The predicted octanol–water partition coefficient (Wildman–Crippen LogP) is 1.63. The van der Waals surface area contributed by atoms with Gasteiger partial charge in [-0.25, -0.2) is 9.18 Å². The second-order valence-electron chi connectivity index (χ2n) is 6.13. The number of rotatable bonds is 5. The van der Waals surface area contributed by atoms with Gasteiger partial charge in [-0.1, -0.05) is 13.3 Å². The number of nitrogens with one attached hydrogen (secondary N) is 1.